The van der Waals surface area contributed by atoms with E-state index < -0.39 is 0 Å². The fourth-order valence-electron chi connectivity index (χ4n) is 3.47. The Labute approximate surface area is 181 Å². The van der Waals surface area contributed by atoms with Crippen molar-refractivity contribution in [2.24, 2.45) is 0 Å². The summed E-state index contributed by atoms with van der Waals surface area (Å²) in [6.45, 7) is 4.48. The van der Waals surface area contributed by atoms with Gasteiger partial charge in [0.2, 0.25) is 0 Å². The van der Waals surface area contributed by atoms with Crippen LogP contribution in [0.5, 0.6) is 0 Å². The van der Waals surface area contributed by atoms with Crippen LogP contribution in [0.2, 0.25) is 0 Å². The molecule has 0 aliphatic carbocycles. The zero-order valence-corrected chi connectivity index (χ0v) is 17.7. The second kappa shape index (κ2) is 7.93. The maximum absolute atomic E-state index is 13.0. The molecule has 0 saturated carbocycles. The van der Waals surface area contributed by atoms with Crippen LogP contribution in [0, 0.1) is 0 Å². The smallest absolute Gasteiger partial charge is 0.283 e. The largest absolute Gasteiger partial charge is 0.308 e. The van der Waals surface area contributed by atoms with Crippen molar-refractivity contribution in [1.82, 2.24) is 18.9 Å². The predicted octanol–water partition coefficient (Wildman–Crippen LogP) is 5.25. The molecule has 0 aliphatic rings. The minimum atomic E-state index is -0.192. The number of allylic oxidation sites excluding steroid dienone is 1. The SMILES string of the molecule is C=CCn1c(SCc2cn3ccccc3n2)nc(=O)c2c(-c3ccccc3)csc21. The van der Waals surface area contributed by atoms with Crippen molar-refractivity contribution in [3.05, 3.63) is 95.0 Å². The van der Waals surface area contributed by atoms with Gasteiger partial charge < -0.3 is 8.97 Å². The molecule has 148 valence electrons. The molecule has 0 bridgehead atoms. The summed E-state index contributed by atoms with van der Waals surface area (Å²) in [6, 6.07) is 15.9. The number of rotatable bonds is 6. The maximum Gasteiger partial charge on any atom is 0.283 e. The number of fused-ring (bicyclic) bond motifs is 2. The minimum absolute atomic E-state index is 0.192. The zero-order chi connectivity index (χ0) is 20.5. The quantitative estimate of drug-likeness (QED) is 0.210. The standard InChI is InChI=1S/C23H18N4OS2/c1-2-11-27-22-20(18(15-29-22)16-8-4-3-5-9-16)21(28)25-23(27)30-14-17-13-26-12-7-6-10-19(26)24-17/h2-10,12-13,15H,1,11,14H2. The van der Waals surface area contributed by atoms with Crippen molar-refractivity contribution in [2.75, 3.05) is 0 Å². The van der Waals surface area contributed by atoms with Crippen molar-refractivity contribution in [3.63, 3.8) is 0 Å². The molecule has 1 aromatic carbocycles. The third-order valence-electron chi connectivity index (χ3n) is 4.82. The fraction of sp³-hybridized carbons (Fsp3) is 0.0870. The van der Waals surface area contributed by atoms with Gasteiger partial charge in [0.1, 0.15) is 10.5 Å². The molecule has 7 heteroatoms. The van der Waals surface area contributed by atoms with Gasteiger partial charge in [-0.15, -0.1) is 17.9 Å². The third-order valence-corrected chi connectivity index (χ3v) is 6.83. The molecule has 0 atom stereocenters. The Morgan fingerprint density at radius 3 is 2.73 bits per heavy atom. The van der Waals surface area contributed by atoms with Gasteiger partial charge in [-0.2, -0.15) is 4.98 Å². The van der Waals surface area contributed by atoms with E-state index in [0.717, 1.165) is 27.3 Å². The zero-order valence-electron chi connectivity index (χ0n) is 16.1. The minimum Gasteiger partial charge on any atom is -0.308 e. The van der Waals surface area contributed by atoms with Gasteiger partial charge in [0, 0.05) is 35.6 Å². The van der Waals surface area contributed by atoms with Crippen LogP contribution in [-0.4, -0.2) is 18.9 Å². The number of thioether (sulfide) groups is 1. The normalized spacial score (nSPS) is 11.3. The lowest BCUT2D eigenvalue weighted by atomic mass is 10.1. The van der Waals surface area contributed by atoms with Gasteiger partial charge >= 0.3 is 0 Å². The average molecular weight is 431 g/mol. The second-order valence-corrected chi connectivity index (χ2v) is 8.58. The molecule has 0 unspecified atom stereocenters. The highest BCUT2D eigenvalue weighted by Gasteiger charge is 2.17. The molecule has 0 spiro atoms. The van der Waals surface area contributed by atoms with Crippen LogP contribution in [-0.2, 0) is 12.3 Å². The number of thiophene rings is 1. The van der Waals surface area contributed by atoms with Crippen LogP contribution in [0.25, 0.3) is 27.0 Å². The number of aromatic nitrogens is 4. The Hall–Kier alpha value is -3.16. The van der Waals surface area contributed by atoms with Gasteiger partial charge in [-0.05, 0) is 17.7 Å². The first kappa shape index (κ1) is 18.8. The molecule has 4 heterocycles. The monoisotopic (exact) mass is 430 g/mol. The van der Waals surface area contributed by atoms with Crippen molar-refractivity contribution < 1.29 is 0 Å². The van der Waals surface area contributed by atoms with Gasteiger partial charge in [0.25, 0.3) is 5.56 Å². The summed E-state index contributed by atoms with van der Waals surface area (Å²) in [5, 5.41) is 3.40. The number of imidazole rings is 1. The topological polar surface area (TPSA) is 52.2 Å². The van der Waals surface area contributed by atoms with E-state index in [1.54, 1.807) is 11.3 Å². The molecule has 0 fully saturated rings. The predicted molar refractivity (Wildman–Crippen MR) is 124 cm³/mol. The van der Waals surface area contributed by atoms with Gasteiger partial charge in [-0.1, -0.05) is 54.2 Å². The molecule has 0 amide bonds. The second-order valence-electron chi connectivity index (χ2n) is 6.78. The summed E-state index contributed by atoms with van der Waals surface area (Å²) in [4.78, 5) is 23.0. The Morgan fingerprint density at radius 2 is 1.93 bits per heavy atom. The molecular formula is C23H18N4OS2. The highest BCUT2D eigenvalue weighted by Crippen LogP contribution is 2.34. The number of benzene rings is 1. The van der Waals surface area contributed by atoms with Crippen LogP contribution < -0.4 is 5.56 Å². The van der Waals surface area contributed by atoms with E-state index in [2.05, 4.69) is 21.1 Å². The van der Waals surface area contributed by atoms with Crippen LogP contribution in [0.15, 0.2) is 88.9 Å². The van der Waals surface area contributed by atoms with Crippen LogP contribution in [0.4, 0.5) is 0 Å². The molecule has 0 radical (unpaired) electrons. The molecule has 0 saturated heterocycles. The first-order chi connectivity index (χ1) is 14.7. The van der Waals surface area contributed by atoms with Crippen molar-refractivity contribution in [3.8, 4) is 11.1 Å². The summed E-state index contributed by atoms with van der Waals surface area (Å²) >= 11 is 3.10. The van der Waals surface area contributed by atoms with Crippen LogP contribution in [0.1, 0.15) is 5.69 Å². The Balaban J connectivity index is 1.55. The summed E-state index contributed by atoms with van der Waals surface area (Å²) in [6.07, 6.45) is 5.82. The van der Waals surface area contributed by atoms with Crippen LogP contribution >= 0.6 is 23.1 Å². The highest BCUT2D eigenvalue weighted by molar-refractivity contribution is 7.98. The molecule has 4 aromatic heterocycles. The van der Waals surface area contributed by atoms with E-state index in [1.807, 2.05) is 76.8 Å². The van der Waals surface area contributed by atoms with E-state index in [9.17, 15) is 4.79 Å². The third kappa shape index (κ3) is 3.36. The summed E-state index contributed by atoms with van der Waals surface area (Å²) < 4.78 is 4.07. The lowest BCUT2D eigenvalue weighted by Gasteiger charge is -2.11. The summed E-state index contributed by atoms with van der Waals surface area (Å²) in [5.74, 6) is 0.633. The van der Waals surface area contributed by atoms with Crippen molar-refractivity contribution in [1.29, 1.82) is 0 Å². The van der Waals surface area contributed by atoms with Gasteiger partial charge in [0.15, 0.2) is 5.16 Å². The molecule has 30 heavy (non-hydrogen) atoms. The van der Waals surface area contributed by atoms with Crippen molar-refractivity contribution in [2.45, 2.75) is 17.5 Å². The summed E-state index contributed by atoms with van der Waals surface area (Å²) in [5.41, 5.74) is 3.62. The lowest BCUT2D eigenvalue weighted by molar-refractivity contribution is 0.716. The van der Waals surface area contributed by atoms with Crippen molar-refractivity contribution >= 4 is 39.0 Å². The Morgan fingerprint density at radius 1 is 1.10 bits per heavy atom. The maximum atomic E-state index is 13.0. The Kier molecular flexibility index (Phi) is 4.98. The Bertz CT molecular complexity index is 1380. The van der Waals surface area contributed by atoms with E-state index in [4.69, 9.17) is 0 Å². The summed E-state index contributed by atoms with van der Waals surface area (Å²) in [7, 11) is 0. The average Bonchev–Trinajstić information content (AvgIpc) is 3.39. The number of hydrogen-bond donors (Lipinski definition) is 0. The van der Waals surface area contributed by atoms with Gasteiger partial charge in [-0.25, -0.2) is 4.98 Å². The van der Waals surface area contributed by atoms with Gasteiger partial charge in [0.05, 0.1) is 11.1 Å². The lowest BCUT2D eigenvalue weighted by Crippen LogP contribution is -2.15. The number of pyridine rings is 1. The highest BCUT2D eigenvalue weighted by atomic mass is 32.2. The van der Waals surface area contributed by atoms with E-state index in [1.165, 1.54) is 11.8 Å². The molecule has 5 nitrogen and oxygen atoms in total. The first-order valence-electron chi connectivity index (χ1n) is 9.48. The first-order valence-corrected chi connectivity index (χ1v) is 11.3. The molecular weight excluding hydrogens is 412 g/mol. The van der Waals surface area contributed by atoms with E-state index in [0.29, 0.717) is 22.8 Å². The molecule has 0 N–H and O–H groups in total. The molecule has 5 rings (SSSR count). The number of hydrogen-bond acceptors (Lipinski definition) is 5. The van der Waals surface area contributed by atoms with E-state index >= 15 is 0 Å². The fourth-order valence-corrected chi connectivity index (χ4v) is 5.50. The number of nitrogens with zero attached hydrogens (tertiary/aromatic N) is 4. The van der Waals surface area contributed by atoms with Crippen LogP contribution in [0.3, 0.4) is 0 Å². The van der Waals surface area contributed by atoms with E-state index in [-0.39, 0.29) is 5.56 Å². The molecule has 0 aliphatic heterocycles. The molecule has 5 aromatic rings. The van der Waals surface area contributed by atoms with Gasteiger partial charge in [-0.3, -0.25) is 4.79 Å².